The van der Waals surface area contributed by atoms with E-state index in [1.807, 2.05) is 0 Å². The van der Waals surface area contributed by atoms with Crippen LogP contribution in [0, 0.1) is 25.5 Å². The number of nitrogens with two attached hydrogens (primary N) is 1. The average molecular weight is 360 g/mol. The fraction of sp³-hybridized carbons (Fsp3) is 0.294. The normalized spacial score (nSPS) is 12.3. The van der Waals surface area contributed by atoms with Crippen molar-refractivity contribution in [3.8, 4) is 0 Å². The second-order valence-corrected chi connectivity index (χ2v) is 6.08. The number of aryl methyl sites for hydroxylation is 2. The molecule has 136 valence electrons. The number of nitrogen functional groups attached to an aromatic ring is 1. The third kappa shape index (κ3) is 3.32. The monoisotopic (exact) mass is 360 g/mol. The second kappa shape index (κ2) is 6.66. The van der Waals surface area contributed by atoms with Crippen LogP contribution in [-0.2, 0) is 11.2 Å². The van der Waals surface area contributed by atoms with Gasteiger partial charge in [-0.2, -0.15) is 9.50 Å². The molecular formula is C17H18F2N6O. The smallest absolute Gasteiger partial charge is 0.254 e. The van der Waals surface area contributed by atoms with Crippen LogP contribution in [0.2, 0.25) is 0 Å². The molecule has 9 heteroatoms. The minimum atomic E-state index is -0.950. The van der Waals surface area contributed by atoms with Crippen molar-refractivity contribution in [3.63, 3.8) is 0 Å². The number of amides is 1. The number of aromatic nitrogens is 4. The predicted octanol–water partition coefficient (Wildman–Crippen LogP) is 2.02. The van der Waals surface area contributed by atoms with Crippen molar-refractivity contribution < 1.29 is 13.6 Å². The standard InChI is InChI=1S/C17H18F2N6O/c1-8(11-4-5-13(18)14(19)6-11)21-15(26)7-12-9(2)22-17-23-16(20)24-25(17)10(12)3/h4-6,8H,7H2,1-3H3,(H2,20,24)(H,21,26). The molecule has 2 heterocycles. The number of hydrogen-bond donors (Lipinski definition) is 2. The Balaban J connectivity index is 1.79. The van der Waals surface area contributed by atoms with Gasteiger partial charge in [0.1, 0.15) is 0 Å². The maximum absolute atomic E-state index is 13.4. The molecule has 2 aromatic heterocycles. The quantitative estimate of drug-likeness (QED) is 0.742. The van der Waals surface area contributed by atoms with Gasteiger partial charge in [-0.15, -0.1) is 5.10 Å². The molecule has 3 aromatic rings. The molecule has 0 aliphatic rings. The van der Waals surface area contributed by atoms with Crippen molar-refractivity contribution in [3.05, 3.63) is 52.3 Å². The van der Waals surface area contributed by atoms with Crippen molar-refractivity contribution in [2.75, 3.05) is 5.73 Å². The van der Waals surface area contributed by atoms with Crippen LogP contribution in [0.15, 0.2) is 18.2 Å². The van der Waals surface area contributed by atoms with Gasteiger partial charge in [0.05, 0.1) is 12.5 Å². The molecule has 0 bridgehead atoms. The van der Waals surface area contributed by atoms with Gasteiger partial charge in [-0.1, -0.05) is 6.07 Å². The Hall–Kier alpha value is -3.10. The van der Waals surface area contributed by atoms with E-state index >= 15 is 0 Å². The van der Waals surface area contributed by atoms with Crippen molar-refractivity contribution in [2.45, 2.75) is 33.2 Å². The zero-order valence-electron chi connectivity index (χ0n) is 14.5. The lowest BCUT2D eigenvalue weighted by atomic mass is 10.1. The lowest BCUT2D eigenvalue weighted by molar-refractivity contribution is -0.121. The number of nitrogens with one attached hydrogen (secondary N) is 1. The average Bonchev–Trinajstić information content (AvgIpc) is 2.94. The van der Waals surface area contributed by atoms with Crippen LogP contribution in [0.3, 0.4) is 0 Å². The summed E-state index contributed by atoms with van der Waals surface area (Å²) in [6, 6.07) is 3.07. The maximum atomic E-state index is 13.4. The van der Waals surface area contributed by atoms with Crippen LogP contribution >= 0.6 is 0 Å². The molecular weight excluding hydrogens is 342 g/mol. The minimum absolute atomic E-state index is 0.0639. The molecule has 1 unspecified atom stereocenters. The molecule has 3 rings (SSSR count). The number of benzene rings is 1. The summed E-state index contributed by atoms with van der Waals surface area (Å²) in [5.41, 5.74) is 8.14. The van der Waals surface area contributed by atoms with E-state index in [9.17, 15) is 13.6 Å². The summed E-state index contributed by atoms with van der Waals surface area (Å²) in [6.07, 6.45) is 0.0639. The first kappa shape index (κ1) is 17.7. The number of carbonyl (C=O) groups is 1. The van der Waals surface area contributed by atoms with Gasteiger partial charge in [-0.3, -0.25) is 4.79 Å². The Kier molecular flexibility index (Phi) is 4.54. The Morgan fingerprint density at radius 3 is 2.69 bits per heavy atom. The second-order valence-electron chi connectivity index (χ2n) is 6.08. The first-order chi connectivity index (χ1) is 12.3. The van der Waals surface area contributed by atoms with Crippen LogP contribution in [0.4, 0.5) is 14.7 Å². The Morgan fingerprint density at radius 2 is 2.00 bits per heavy atom. The fourth-order valence-corrected chi connectivity index (χ4v) is 2.80. The minimum Gasteiger partial charge on any atom is -0.366 e. The van der Waals surface area contributed by atoms with Gasteiger partial charge < -0.3 is 11.1 Å². The van der Waals surface area contributed by atoms with Gasteiger partial charge in [0, 0.05) is 17.0 Å². The van der Waals surface area contributed by atoms with Gasteiger partial charge in [-0.05, 0) is 38.5 Å². The van der Waals surface area contributed by atoms with Crippen molar-refractivity contribution in [1.29, 1.82) is 0 Å². The molecule has 26 heavy (non-hydrogen) atoms. The highest BCUT2D eigenvalue weighted by molar-refractivity contribution is 5.79. The third-order valence-corrected chi connectivity index (χ3v) is 4.22. The van der Waals surface area contributed by atoms with E-state index < -0.39 is 17.7 Å². The summed E-state index contributed by atoms with van der Waals surface area (Å²) in [6.45, 7) is 5.28. The van der Waals surface area contributed by atoms with Crippen LogP contribution in [0.25, 0.3) is 5.78 Å². The largest absolute Gasteiger partial charge is 0.366 e. The highest BCUT2D eigenvalue weighted by Gasteiger charge is 2.17. The summed E-state index contributed by atoms with van der Waals surface area (Å²) in [5.74, 6) is -1.67. The van der Waals surface area contributed by atoms with E-state index in [0.717, 1.165) is 12.1 Å². The lowest BCUT2D eigenvalue weighted by Gasteiger charge is -2.16. The molecule has 3 N–H and O–H groups in total. The lowest BCUT2D eigenvalue weighted by Crippen LogP contribution is -2.29. The Bertz CT molecular complexity index is 1000. The maximum Gasteiger partial charge on any atom is 0.254 e. The molecule has 0 saturated heterocycles. The van der Waals surface area contributed by atoms with Crippen molar-refractivity contribution in [1.82, 2.24) is 24.9 Å². The molecule has 0 saturated carbocycles. The topological polar surface area (TPSA) is 98.2 Å². The first-order valence-corrected chi connectivity index (χ1v) is 7.99. The van der Waals surface area contributed by atoms with Crippen molar-refractivity contribution in [2.24, 2.45) is 0 Å². The molecule has 1 aromatic carbocycles. The molecule has 1 atom stereocenters. The van der Waals surface area contributed by atoms with E-state index in [0.29, 0.717) is 28.3 Å². The summed E-state index contributed by atoms with van der Waals surface area (Å²) in [5, 5.41) is 6.83. The van der Waals surface area contributed by atoms with Gasteiger partial charge in [0.25, 0.3) is 5.78 Å². The molecule has 0 aliphatic heterocycles. The number of carbonyl (C=O) groups excluding carboxylic acids is 1. The van der Waals surface area contributed by atoms with Crippen LogP contribution < -0.4 is 11.1 Å². The fourth-order valence-electron chi connectivity index (χ4n) is 2.80. The number of fused-ring (bicyclic) bond motifs is 1. The third-order valence-electron chi connectivity index (χ3n) is 4.22. The number of anilines is 1. The highest BCUT2D eigenvalue weighted by atomic mass is 19.2. The summed E-state index contributed by atoms with van der Waals surface area (Å²) >= 11 is 0. The SMILES string of the molecule is Cc1nc2nc(N)nn2c(C)c1CC(=O)NC(C)c1ccc(F)c(F)c1. The number of rotatable bonds is 4. The molecule has 1 amide bonds. The Labute approximate surface area is 148 Å². The van der Waals surface area contributed by atoms with Crippen LogP contribution in [0.5, 0.6) is 0 Å². The van der Waals surface area contributed by atoms with Crippen LogP contribution in [0.1, 0.15) is 35.5 Å². The predicted molar refractivity (Wildman–Crippen MR) is 91.3 cm³/mol. The number of hydrogen-bond acceptors (Lipinski definition) is 5. The molecule has 0 spiro atoms. The summed E-state index contributed by atoms with van der Waals surface area (Å²) in [7, 11) is 0. The van der Waals surface area contributed by atoms with E-state index in [-0.39, 0.29) is 18.3 Å². The number of nitrogens with zero attached hydrogens (tertiary/aromatic N) is 4. The van der Waals surface area contributed by atoms with Gasteiger partial charge in [-0.25, -0.2) is 13.8 Å². The van der Waals surface area contributed by atoms with E-state index in [1.54, 1.807) is 20.8 Å². The molecule has 0 radical (unpaired) electrons. The number of halogens is 2. The van der Waals surface area contributed by atoms with Crippen molar-refractivity contribution >= 4 is 17.6 Å². The van der Waals surface area contributed by atoms with Crippen LogP contribution in [-0.4, -0.2) is 25.5 Å². The molecule has 7 nitrogen and oxygen atoms in total. The molecule has 0 aliphatic carbocycles. The zero-order valence-corrected chi connectivity index (χ0v) is 14.5. The van der Waals surface area contributed by atoms with Gasteiger partial charge >= 0.3 is 0 Å². The highest BCUT2D eigenvalue weighted by Crippen LogP contribution is 2.18. The zero-order chi connectivity index (χ0) is 19.0. The summed E-state index contributed by atoms with van der Waals surface area (Å²) < 4.78 is 27.9. The van der Waals surface area contributed by atoms with E-state index in [4.69, 9.17) is 5.73 Å². The van der Waals surface area contributed by atoms with E-state index in [2.05, 4.69) is 20.4 Å². The first-order valence-electron chi connectivity index (χ1n) is 7.99. The summed E-state index contributed by atoms with van der Waals surface area (Å²) in [4.78, 5) is 20.7. The van der Waals surface area contributed by atoms with Gasteiger partial charge in [0.15, 0.2) is 11.6 Å². The van der Waals surface area contributed by atoms with Gasteiger partial charge in [0.2, 0.25) is 11.9 Å². The Morgan fingerprint density at radius 1 is 1.27 bits per heavy atom. The van der Waals surface area contributed by atoms with E-state index in [1.165, 1.54) is 10.6 Å². The molecule has 0 fully saturated rings.